The third-order valence-electron chi connectivity index (χ3n) is 2.22. The average molecular weight is 240 g/mol. The van der Waals surface area contributed by atoms with Gasteiger partial charge in [-0.15, -0.1) is 0 Å². The molecular weight excluding hydrogens is 216 g/mol. The molecule has 4 heteroatoms. The van der Waals surface area contributed by atoms with Gasteiger partial charge in [-0.1, -0.05) is 39.3 Å². The summed E-state index contributed by atoms with van der Waals surface area (Å²) in [6.45, 7) is 12.1. The fourth-order valence-corrected chi connectivity index (χ4v) is 0.921. The maximum atomic E-state index is 11.5. The van der Waals surface area contributed by atoms with Gasteiger partial charge in [-0.25, -0.2) is 0 Å². The first-order valence-corrected chi connectivity index (χ1v) is 6.16. The summed E-state index contributed by atoms with van der Waals surface area (Å²) >= 11 is 0. The van der Waals surface area contributed by atoms with Gasteiger partial charge in [0.05, 0.1) is 0 Å². The SMILES string of the molecule is CCC.Cc1cc(C(=O)NC(C)C(C)C)no1. The average Bonchev–Trinajstić information content (AvgIpc) is 2.65. The summed E-state index contributed by atoms with van der Waals surface area (Å²) in [5.41, 5.74) is 0.343. The van der Waals surface area contributed by atoms with E-state index in [1.54, 1.807) is 13.0 Å². The highest BCUT2D eigenvalue weighted by Crippen LogP contribution is 2.04. The van der Waals surface area contributed by atoms with Crippen LogP contribution in [-0.2, 0) is 0 Å². The highest BCUT2D eigenvalue weighted by atomic mass is 16.5. The summed E-state index contributed by atoms with van der Waals surface area (Å²) in [7, 11) is 0. The van der Waals surface area contributed by atoms with E-state index in [4.69, 9.17) is 4.52 Å². The fourth-order valence-electron chi connectivity index (χ4n) is 0.921. The molecule has 0 aliphatic heterocycles. The molecule has 0 radical (unpaired) electrons. The number of carbonyl (C=O) groups excluding carboxylic acids is 1. The molecule has 0 spiro atoms. The molecule has 0 bridgehead atoms. The summed E-state index contributed by atoms with van der Waals surface area (Å²) in [6, 6.07) is 1.77. The number of amides is 1. The second-order valence-electron chi connectivity index (χ2n) is 4.54. The van der Waals surface area contributed by atoms with Crippen LogP contribution in [0.15, 0.2) is 10.6 Å². The molecule has 1 aromatic rings. The van der Waals surface area contributed by atoms with Crippen LogP contribution < -0.4 is 5.32 Å². The van der Waals surface area contributed by atoms with E-state index >= 15 is 0 Å². The molecule has 0 fully saturated rings. The first-order chi connectivity index (χ1) is 7.92. The number of nitrogens with one attached hydrogen (secondary N) is 1. The van der Waals surface area contributed by atoms with Crippen molar-refractivity contribution < 1.29 is 9.32 Å². The Morgan fingerprint density at radius 3 is 2.29 bits per heavy atom. The highest BCUT2D eigenvalue weighted by molar-refractivity contribution is 5.92. The lowest BCUT2D eigenvalue weighted by Gasteiger charge is -2.16. The predicted molar refractivity (Wildman–Crippen MR) is 69.0 cm³/mol. The van der Waals surface area contributed by atoms with E-state index in [9.17, 15) is 4.79 Å². The molecule has 1 N–H and O–H groups in total. The summed E-state index contributed by atoms with van der Waals surface area (Å²) in [5.74, 6) is 0.877. The molecule has 1 aromatic heterocycles. The van der Waals surface area contributed by atoms with Crippen molar-refractivity contribution in [2.45, 2.75) is 54.0 Å². The minimum Gasteiger partial charge on any atom is -0.361 e. The van der Waals surface area contributed by atoms with Gasteiger partial charge in [0.1, 0.15) is 5.76 Å². The lowest BCUT2D eigenvalue weighted by Crippen LogP contribution is -2.36. The lowest BCUT2D eigenvalue weighted by molar-refractivity contribution is 0.0921. The van der Waals surface area contributed by atoms with Crippen molar-refractivity contribution in [3.05, 3.63) is 17.5 Å². The number of aromatic nitrogens is 1. The van der Waals surface area contributed by atoms with E-state index in [-0.39, 0.29) is 11.9 Å². The molecule has 1 rings (SSSR count). The minimum atomic E-state index is -0.178. The predicted octanol–water partition coefficient (Wildman–Crippen LogP) is 3.17. The largest absolute Gasteiger partial charge is 0.361 e. The summed E-state index contributed by atoms with van der Waals surface area (Å²) in [5, 5.41) is 6.49. The van der Waals surface area contributed by atoms with Gasteiger partial charge in [0.2, 0.25) is 0 Å². The van der Waals surface area contributed by atoms with Crippen LogP contribution >= 0.6 is 0 Å². The number of nitrogens with zero attached hydrogens (tertiary/aromatic N) is 1. The third kappa shape index (κ3) is 6.09. The molecule has 0 saturated carbocycles. The zero-order chi connectivity index (χ0) is 13.4. The van der Waals surface area contributed by atoms with Gasteiger partial charge in [0.15, 0.2) is 5.69 Å². The number of hydrogen-bond acceptors (Lipinski definition) is 3. The van der Waals surface area contributed by atoms with Crippen molar-refractivity contribution in [1.82, 2.24) is 10.5 Å². The highest BCUT2D eigenvalue weighted by Gasteiger charge is 2.15. The van der Waals surface area contributed by atoms with Crippen molar-refractivity contribution in [2.24, 2.45) is 5.92 Å². The molecule has 1 heterocycles. The molecule has 1 unspecified atom stereocenters. The number of carbonyl (C=O) groups is 1. The Kier molecular flexibility index (Phi) is 7.26. The van der Waals surface area contributed by atoms with Crippen LogP contribution in [0.2, 0.25) is 0 Å². The first kappa shape index (κ1) is 15.7. The van der Waals surface area contributed by atoms with Crippen molar-refractivity contribution in [1.29, 1.82) is 0 Å². The molecule has 1 atom stereocenters. The Bertz CT molecular complexity index is 332. The van der Waals surface area contributed by atoms with E-state index in [1.165, 1.54) is 6.42 Å². The number of hydrogen-bond donors (Lipinski definition) is 1. The molecule has 1 amide bonds. The molecule has 98 valence electrons. The van der Waals surface area contributed by atoms with Crippen LogP contribution in [0.4, 0.5) is 0 Å². The van der Waals surface area contributed by atoms with Crippen molar-refractivity contribution in [3.8, 4) is 0 Å². The minimum absolute atomic E-state index is 0.138. The monoisotopic (exact) mass is 240 g/mol. The van der Waals surface area contributed by atoms with Crippen LogP contribution in [-0.4, -0.2) is 17.1 Å². The fraction of sp³-hybridized carbons (Fsp3) is 0.692. The van der Waals surface area contributed by atoms with Gasteiger partial charge in [0, 0.05) is 12.1 Å². The van der Waals surface area contributed by atoms with Gasteiger partial charge in [-0.05, 0) is 19.8 Å². The lowest BCUT2D eigenvalue weighted by atomic mass is 10.1. The van der Waals surface area contributed by atoms with E-state index < -0.39 is 0 Å². The summed E-state index contributed by atoms with van der Waals surface area (Å²) < 4.78 is 4.82. The zero-order valence-corrected chi connectivity index (χ0v) is 11.7. The van der Waals surface area contributed by atoms with Crippen molar-refractivity contribution >= 4 is 5.91 Å². The van der Waals surface area contributed by atoms with Crippen LogP contribution in [0.25, 0.3) is 0 Å². The number of aryl methyl sites for hydroxylation is 1. The first-order valence-electron chi connectivity index (χ1n) is 6.16. The van der Waals surface area contributed by atoms with E-state index in [2.05, 4.69) is 38.2 Å². The molecular formula is C13H24N2O2. The van der Waals surface area contributed by atoms with E-state index in [0.29, 0.717) is 17.4 Å². The molecule has 4 nitrogen and oxygen atoms in total. The molecule has 0 aliphatic carbocycles. The Labute approximate surface area is 104 Å². The summed E-state index contributed by atoms with van der Waals surface area (Å²) in [6.07, 6.45) is 1.25. The Morgan fingerprint density at radius 2 is 1.94 bits per heavy atom. The second kappa shape index (κ2) is 7.87. The topological polar surface area (TPSA) is 55.1 Å². The van der Waals surface area contributed by atoms with Crippen molar-refractivity contribution in [2.75, 3.05) is 0 Å². The van der Waals surface area contributed by atoms with Gasteiger partial charge >= 0.3 is 0 Å². The second-order valence-corrected chi connectivity index (χ2v) is 4.54. The summed E-state index contributed by atoms with van der Waals surface area (Å²) in [4.78, 5) is 11.5. The van der Waals surface area contributed by atoms with Crippen molar-refractivity contribution in [3.63, 3.8) is 0 Å². The van der Waals surface area contributed by atoms with Gasteiger partial charge in [0.25, 0.3) is 5.91 Å². The third-order valence-corrected chi connectivity index (χ3v) is 2.22. The standard InChI is InChI=1S/C10H16N2O2.C3H8/c1-6(2)8(4)11-10(13)9-5-7(3)14-12-9;1-3-2/h5-6,8H,1-4H3,(H,11,13);3H2,1-2H3. The molecule has 0 aromatic carbocycles. The maximum Gasteiger partial charge on any atom is 0.273 e. The van der Waals surface area contributed by atoms with E-state index in [1.807, 2.05) is 6.92 Å². The quantitative estimate of drug-likeness (QED) is 0.882. The van der Waals surface area contributed by atoms with Crippen LogP contribution in [0.5, 0.6) is 0 Å². The zero-order valence-electron chi connectivity index (χ0n) is 11.7. The van der Waals surface area contributed by atoms with Crippen LogP contribution in [0.3, 0.4) is 0 Å². The Morgan fingerprint density at radius 1 is 1.41 bits per heavy atom. The van der Waals surface area contributed by atoms with Gasteiger partial charge in [-0.3, -0.25) is 4.79 Å². The number of rotatable bonds is 3. The van der Waals surface area contributed by atoms with E-state index in [0.717, 1.165) is 0 Å². The van der Waals surface area contributed by atoms with Gasteiger partial charge in [-0.2, -0.15) is 0 Å². The Balaban J connectivity index is 0.000000770. The smallest absolute Gasteiger partial charge is 0.273 e. The van der Waals surface area contributed by atoms with Gasteiger partial charge < -0.3 is 9.84 Å². The molecule has 17 heavy (non-hydrogen) atoms. The van der Waals surface area contributed by atoms with Crippen LogP contribution in [0.1, 0.15) is 57.3 Å². The van der Waals surface area contributed by atoms with Crippen LogP contribution in [0, 0.1) is 12.8 Å². The normalized spacial score (nSPS) is 11.7. The molecule has 0 saturated heterocycles. The molecule has 0 aliphatic rings. The Hall–Kier alpha value is -1.32. The maximum absolute atomic E-state index is 11.5.